The predicted molar refractivity (Wildman–Crippen MR) is 179 cm³/mol. The second-order valence-corrected chi connectivity index (χ2v) is 11.5. The molecule has 0 bridgehead atoms. The van der Waals surface area contributed by atoms with E-state index in [9.17, 15) is 0 Å². The zero-order chi connectivity index (χ0) is 28.7. The minimum absolute atomic E-state index is 0.0743. The van der Waals surface area contributed by atoms with E-state index >= 15 is 0 Å². The van der Waals surface area contributed by atoms with Gasteiger partial charge in [0.15, 0.2) is 0 Å². The molecule has 202 valence electrons. The van der Waals surface area contributed by atoms with E-state index in [2.05, 4.69) is 149 Å². The highest BCUT2D eigenvalue weighted by Crippen LogP contribution is 2.51. The van der Waals surface area contributed by atoms with Gasteiger partial charge in [0.1, 0.15) is 0 Å². The molecular formula is C41H38. The topological polar surface area (TPSA) is 0 Å². The van der Waals surface area contributed by atoms with Gasteiger partial charge in [0.25, 0.3) is 0 Å². The molecule has 0 heteroatoms. The number of hydrogen-bond donors (Lipinski definition) is 0. The molecule has 0 radical (unpaired) electrons. The lowest BCUT2D eigenvalue weighted by atomic mass is 9.80. The van der Waals surface area contributed by atoms with Crippen LogP contribution in [0, 0.1) is 13.8 Å². The molecule has 6 aromatic carbocycles. The molecule has 0 aliphatic heterocycles. The summed E-state index contributed by atoms with van der Waals surface area (Å²) in [5, 5.41) is 2.57. The number of rotatable bonds is 3. The van der Waals surface area contributed by atoms with E-state index in [0.29, 0.717) is 0 Å². The van der Waals surface area contributed by atoms with Crippen LogP contribution in [-0.2, 0) is 5.41 Å². The monoisotopic (exact) mass is 530 g/mol. The maximum Gasteiger partial charge on any atom is 0.0159 e. The van der Waals surface area contributed by atoms with Crippen LogP contribution in [0.3, 0.4) is 0 Å². The van der Waals surface area contributed by atoms with Gasteiger partial charge in [-0.1, -0.05) is 131 Å². The summed E-state index contributed by atoms with van der Waals surface area (Å²) in [6.45, 7) is 13.2. The zero-order valence-corrected chi connectivity index (χ0v) is 25.0. The second kappa shape index (κ2) is 10.5. The average molecular weight is 531 g/mol. The number of benzene rings is 6. The Morgan fingerprint density at radius 1 is 0.415 bits per heavy atom. The van der Waals surface area contributed by atoms with Gasteiger partial charge in [0.05, 0.1) is 0 Å². The van der Waals surface area contributed by atoms with Crippen LogP contribution in [0.25, 0.3) is 55.3 Å². The third-order valence-electron chi connectivity index (χ3n) is 8.84. The summed E-state index contributed by atoms with van der Waals surface area (Å²) in [6, 6.07) is 44.9. The Kier molecular flexibility index (Phi) is 6.88. The van der Waals surface area contributed by atoms with Crippen molar-refractivity contribution < 1.29 is 0 Å². The van der Waals surface area contributed by atoms with Crippen LogP contribution in [0.15, 0.2) is 121 Å². The fourth-order valence-corrected chi connectivity index (χ4v) is 6.57. The molecule has 1 aliphatic rings. The van der Waals surface area contributed by atoms with Gasteiger partial charge in [-0.05, 0) is 110 Å². The van der Waals surface area contributed by atoms with Gasteiger partial charge in [-0.15, -0.1) is 0 Å². The Morgan fingerprint density at radius 2 is 0.951 bits per heavy atom. The minimum atomic E-state index is -0.0743. The van der Waals surface area contributed by atoms with Crippen LogP contribution >= 0.6 is 0 Å². The van der Waals surface area contributed by atoms with Crippen molar-refractivity contribution >= 4 is 10.8 Å². The normalized spacial score (nSPS) is 12.8. The van der Waals surface area contributed by atoms with Crippen molar-refractivity contribution in [3.8, 4) is 44.5 Å². The van der Waals surface area contributed by atoms with Gasteiger partial charge in [0, 0.05) is 5.41 Å². The molecule has 0 nitrogen and oxygen atoms in total. The number of fused-ring (bicyclic) bond motifs is 4. The molecule has 0 spiro atoms. The van der Waals surface area contributed by atoms with Crippen LogP contribution in [0.4, 0.5) is 0 Å². The smallest absolute Gasteiger partial charge is 0.0159 e. The van der Waals surface area contributed by atoms with Crippen molar-refractivity contribution in [1.82, 2.24) is 0 Å². The summed E-state index contributed by atoms with van der Waals surface area (Å²) in [5.41, 5.74) is 15.9. The molecule has 6 aromatic rings. The van der Waals surface area contributed by atoms with Crippen LogP contribution in [0.1, 0.15) is 49.9 Å². The van der Waals surface area contributed by atoms with Crippen molar-refractivity contribution in [2.75, 3.05) is 0 Å². The van der Waals surface area contributed by atoms with Crippen LogP contribution < -0.4 is 0 Å². The Labute approximate surface area is 245 Å². The SMILES string of the molecule is CC.Cc1ccccc1-c1cccc(-c2ccc3c(c2)C(C)(C)c2cc(-c4ccc5ccccc5c4)ccc2-3)c1C. The first-order chi connectivity index (χ1) is 19.9. The van der Waals surface area contributed by atoms with Crippen LogP contribution in [0.2, 0.25) is 0 Å². The van der Waals surface area contributed by atoms with Gasteiger partial charge < -0.3 is 0 Å². The largest absolute Gasteiger partial charge is 0.0683 e. The summed E-state index contributed by atoms with van der Waals surface area (Å²) in [6.07, 6.45) is 0. The van der Waals surface area contributed by atoms with E-state index in [1.165, 1.54) is 77.5 Å². The second-order valence-electron chi connectivity index (χ2n) is 11.5. The molecule has 0 unspecified atom stereocenters. The predicted octanol–water partition coefficient (Wildman–Crippen LogP) is 11.8. The Hall–Kier alpha value is -4.42. The Bertz CT molecular complexity index is 1900. The molecule has 41 heavy (non-hydrogen) atoms. The van der Waals surface area contributed by atoms with Crippen molar-refractivity contribution in [2.24, 2.45) is 0 Å². The van der Waals surface area contributed by atoms with E-state index in [4.69, 9.17) is 0 Å². The van der Waals surface area contributed by atoms with Gasteiger partial charge in [0.2, 0.25) is 0 Å². The summed E-state index contributed by atoms with van der Waals surface area (Å²) in [7, 11) is 0. The fraction of sp³-hybridized carbons (Fsp3) is 0.171. The zero-order valence-electron chi connectivity index (χ0n) is 25.0. The van der Waals surface area contributed by atoms with Crippen LogP contribution in [0.5, 0.6) is 0 Å². The maximum absolute atomic E-state index is 2.44. The van der Waals surface area contributed by atoms with E-state index in [0.717, 1.165) is 0 Å². The molecule has 0 amide bonds. The molecule has 0 fully saturated rings. The van der Waals surface area contributed by atoms with Crippen LogP contribution in [-0.4, -0.2) is 0 Å². The molecule has 1 aliphatic carbocycles. The highest BCUT2D eigenvalue weighted by Gasteiger charge is 2.36. The number of hydrogen-bond acceptors (Lipinski definition) is 0. The van der Waals surface area contributed by atoms with E-state index in [-0.39, 0.29) is 5.41 Å². The van der Waals surface area contributed by atoms with Crippen molar-refractivity contribution in [3.63, 3.8) is 0 Å². The molecule has 0 heterocycles. The standard InChI is InChI=1S/C39H32.C2H6/c1-25-10-5-8-13-32(25)34-15-9-14-33(26(34)2)31-19-21-36-35-20-18-30(23-37(35)39(3,4)38(36)24-31)29-17-16-27-11-6-7-12-28(27)22-29;1-2/h5-24H,1-4H3;1-2H3. The van der Waals surface area contributed by atoms with Gasteiger partial charge in [-0.3, -0.25) is 0 Å². The van der Waals surface area contributed by atoms with E-state index < -0.39 is 0 Å². The molecule has 0 saturated carbocycles. The highest BCUT2D eigenvalue weighted by atomic mass is 14.4. The third-order valence-corrected chi connectivity index (χ3v) is 8.84. The van der Waals surface area contributed by atoms with Gasteiger partial charge in [-0.2, -0.15) is 0 Å². The lowest BCUT2D eigenvalue weighted by Gasteiger charge is -2.23. The molecule has 7 rings (SSSR count). The minimum Gasteiger partial charge on any atom is -0.0683 e. The number of aryl methyl sites for hydroxylation is 1. The third kappa shape index (κ3) is 4.49. The van der Waals surface area contributed by atoms with Crippen molar-refractivity contribution in [1.29, 1.82) is 0 Å². The Balaban J connectivity index is 0.00000148. The lowest BCUT2D eigenvalue weighted by molar-refractivity contribution is 0.661. The van der Waals surface area contributed by atoms with Crippen molar-refractivity contribution in [2.45, 2.75) is 47.0 Å². The average Bonchev–Trinajstić information content (AvgIpc) is 3.24. The maximum atomic E-state index is 2.44. The summed E-state index contributed by atoms with van der Waals surface area (Å²) in [4.78, 5) is 0. The van der Waals surface area contributed by atoms with E-state index in [1.807, 2.05) is 13.8 Å². The molecular weight excluding hydrogens is 492 g/mol. The van der Waals surface area contributed by atoms with Gasteiger partial charge in [-0.25, -0.2) is 0 Å². The first-order valence-corrected chi connectivity index (χ1v) is 14.9. The van der Waals surface area contributed by atoms with Gasteiger partial charge >= 0.3 is 0 Å². The van der Waals surface area contributed by atoms with E-state index in [1.54, 1.807) is 0 Å². The fourth-order valence-electron chi connectivity index (χ4n) is 6.57. The molecule has 0 saturated heterocycles. The summed E-state index contributed by atoms with van der Waals surface area (Å²) in [5.74, 6) is 0. The molecule has 0 N–H and O–H groups in total. The first-order valence-electron chi connectivity index (χ1n) is 14.9. The molecule has 0 aromatic heterocycles. The highest BCUT2D eigenvalue weighted by molar-refractivity contribution is 5.90. The summed E-state index contributed by atoms with van der Waals surface area (Å²) < 4.78 is 0. The van der Waals surface area contributed by atoms with Crippen molar-refractivity contribution in [3.05, 3.63) is 144 Å². The summed E-state index contributed by atoms with van der Waals surface area (Å²) >= 11 is 0. The Morgan fingerprint density at radius 3 is 1.68 bits per heavy atom. The quantitative estimate of drug-likeness (QED) is 0.213. The first kappa shape index (κ1) is 26.8. The lowest BCUT2D eigenvalue weighted by Crippen LogP contribution is -2.15. The molecule has 0 atom stereocenters.